The minimum absolute atomic E-state index is 0.0676. The van der Waals surface area contributed by atoms with Gasteiger partial charge in [-0.25, -0.2) is 0 Å². The molecule has 1 N–H and O–H groups in total. The lowest BCUT2D eigenvalue weighted by molar-refractivity contribution is -0.141. The highest BCUT2D eigenvalue weighted by Crippen LogP contribution is 2.34. The van der Waals surface area contributed by atoms with Crippen molar-refractivity contribution in [3.05, 3.63) is 66.2 Å². The number of carboxylic acid groups (broad SMARTS) is 1. The molecule has 3 aromatic rings. The van der Waals surface area contributed by atoms with Crippen LogP contribution < -0.4 is 4.74 Å². The Bertz CT molecular complexity index is 928. The molecule has 0 saturated heterocycles. The highest BCUT2D eigenvalue weighted by atomic mass is 16.5. The molecule has 134 valence electrons. The zero-order valence-corrected chi connectivity index (χ0v) is 15.4. The summed E-state index contributed by atoms with van der Waals surface area (Å²) in [6, 6.07) is 20.6. The van der Waals surface area contributed by atoms with Gasteiger partial charge in [0, 0.05) is 5.56 Å². The molecule has 0 radical (unpaired) electrons. The van der Waals surface area contributed by atoms with Gasteiger partial charge in [-0.05, 0) is 60.4 Å². The lowest BCUT2D eigenvalue weighted by Gasteiger charge is -2.17. The molecule has 26 heavy (non-hydrogen) atoms. The molecule has 1 unspecified atom stereocenters. The van der Waals surface area contributed by atoms with E-state index in [1.807, 2.05) is 38.1 Å². The first kappa shape index (κ1) is 18.0. The molecule has 0 saturated carbocycles. The van der Waals surface area contributed by atoms with E-state index in [2.05, 4.69) is 36.4 Å². The fourth-order valence-electron chi connectivity index (χ4n) is 3.08. The molecule has 0 spiro atoms. The first-order chi connectivity index (χ1) is 12.4. The SMILES string of the molecule is CC(C)Oc1ccc(CC(C)C(=O)O)cc1-c1ccc2ccccc2c1. The molecular weight excluding hydrogens is 324 g/mol. The summed E-state index contributed by atoms with van der Waals surface area (Å²) >= 11 is 0. The monoisotopic (exact) mass is 348 g/mol. The van der Waals surface area contributed by atoms with Crippen molar-refractivity contribution in [1.82, 2.24) is 0 Å². The van der Waals surface area contributed by atoms with E-state index in [0.717, 1.165) is 22.4 Å². The van der Waals surface area contributed by atoms with Crippen LogP contribution in [0, 0.1) is 5.92 Å². The smallest absolute Gasteiger partial charge is 0.306 e. The Morgan fingerprint density at radius 3 is 2.38 bits per heavy atom. The van der Waals surface area contributed by atoms with E-state index in [9.17, 15) is 9.90 Å². The summed E-state index contributed by atoms with van der Waals surface area (Å²) < 4.78 is 6.00. The second-order valence-corrected chi connectivity index (χ2v) is 7.00. The highest BCUT2D eigenvalue weighted by Gasteiger charge is 2.15. The fourth-order valence-corrected chi connectivity index (χ4v) is 3.08. The van der Waals surface area contributed by atoms with Crippen molar-refractivity contribution in [2.45, 2.75) is 33.3 Å². The lowest BCUT2D eigenvalue weighted by atomic mass is 9.95. The number of ether oxygens (including phenoxy) is 1. The average Bonchev–Trinajstić information content (AvgIpc) is 2.62. The maximum atomic E-state index is 11.2. The third kappa shape index (κ3) is 4.05. The van der Waals surface area contributed by atoms with Gasteiger partial charge in [0.1, 0.15) is 5.75 Å². The molecule has 3 aromatic carbocycles. The summed E-state index contributed by atoms with van der Waals surface area (Å²) in [4.78, 5) is 11.2. The van der Waals surface area contributed by atoms with E-state index in [-0.39, 0.29) is 6.10 Å². The summed E-state index contributed by atoms with van der Waals surface area (Å²) in [6.45, 7) is 5.74. The number of carboxylic acids is 1. The molecule has 0 amide bonds. The first-order valence-electron chi connectivity index (χ1n) is 8.95. The summed E-state index contributed by atoms with van der Waals surface area (Å²) in [5.74, 6) is -0.377. The number of benzene rings is 3. The van der Waals surface area contributed by atoms with Gasteiger partial charge in [0.05, 0.1) is 12.0 Å². The van der Waals surface area contributed by atoms with Crippen LogP contribution in [0.4, 0.5) is 0 Å². The maximum absolute atomic E-state index is 11.2. The van der Waals surface area contributed by atoms with Crippen molar-refractivity contribution in [2.75, 3.05) is 0 Å². The van der Waals surface area contributed by atoms with Gasteiger partial charge in [-0.1, -0.05) is 49.4 Å². The molecule has 0 aliphatic heterocycles. The number of fused-ring (bicyclic) bond motifs is 1. The van der Waals surface area contributed by atoms with Crippen molar-refractivity contribution in [3.63, 3.8) is 0 Å². The summed E-state index contributed by atoms with van der Waals surface area (Å²) in [5, 5.41) is 11.6. The van der Waals surface area contributed by atoms with E-state index in [4.69, 9.17) is 4.74 Å². The van der Waals surface area contributed by atoms with Gasteiger partial charge < -0.3 is 9.84 Å². The standard InChI is InChI=1S/C23H24O3/c1-15(2)26-22-11-8-17(12-16(3)23(24)25)13-21(22)20-10-9-18-6-4-5-7-19(18)14-20/h4-11,13-16H,12H2,1-3H3,(H,24,25). The third-order valence-corrected chi connectivity index (χ3v) is 4.43. The van der Waals surface area contributed by atoms with E-state index in [1.54, 1.807) is 6.92 Å². The predicted molar refractivity (Wildman–Crippen MR) is 106 cm³/mol. The first-order valence-corrected chi connectivity index (χ1v) is 8.95. The molecule has 0 fully saturated rings. The van der Waals surface area contributed by atoms with Crippen molar-refractivity contribution in [2.24, 2.45) is 5.92 Å². The van der Waals surface area contributed by atoms with Crippen molar-refractivity contribution < 1.29 is 14.6 Å². The molecule has 0 aliphatic rings. The minimum Gasteiger partial charge on any atom is -0.490 e. The van der Waals surface area contributed by atoms with Gasteiger partial charge in [0.2, 0.25) is 0 Å². The van der Waals surface area contributed by atoms with E-state index < -0.39 is 11.9 Å². The molecule has 0 aromatic heterocycles. The van der Waals surface area contributed by atoms with Crippen LogP contribution in [0.25, 0.3) is 21.9 Å². The Hall–Kier alpha value is -2.81. The van der Waals surface area contributed by atoms with Crippen LogP contribution in [0.2, 0.25) is 0 Å². The normalized spacial score (nSPS) is 12.3. The Balaban J connectivity index is 2.06. The fraction of sp³-hybridized carbons (Fsp3) is 0.261. The molecule has 3 heteroatoms. The maximum Gasteiger partial charge on any atom is 0.306 e. The zero-order chi connectivity index (χ0) is 18.7. The average molecular weight is 348 g/mol. The molecule has 0 aliphatic carbocycles. The van der Waals surface area contributed by atoms with Gasteiger partial charge >= 0.3 is 5.97 Å². The molecule has 3 nitrogen and oxygen atoms in total. The van der Waals surface area contributed by atoms with Crippen LogP contribution in [-0.4, -0.2) is 17.2 Å². The number of aliphatic carboxylic acids is 1. The van der Waals surface area contributed by atoms with E-state index in [1.165, 1.54) is 10.8 Å². The van der Waals surface area contributed by atoms with Gasteiger partial charge in [-0.15, -0.1) is 0 Å². The Labute approximate surface area is 154 Å². The number of rotatable bonds is 6. The van der Waals surface area contributed by atoms with Gasteiger partial charge in [0.25, 0.3) is 0 Å². The zero-order valence-electron chi connectivity index (χ0n) is 15.4. The Morgan fingerprint density at radius 2 is 1.69 bits per heavy atom. The second-order valence-electron chi connectivity index (χ2n) is 7.00. The van der Waals surface area contributed by atoms with E-state index in [0.29, 0.717) is 6.42 Å². The largest absolute Gasteiger partial charge is 0.490 e. The number of hydrogen-bond acceptors (Lipinski definition) is 2. The molecule has 1 atom stereocenters. The number of hydrogen-bond donors (Lipinski definition) is 1. The molecule has 0 heterocycles. The lowest BCUT2D eigenvalue weighted by Crippen LogP contribution is -2.12. The third-order valence-electron chi connectivity index (χ3n) is 4.43. The Morgan fingerprint density at radius 1 is 0.962 bits per heavy atom. The molecule has 3 rings (SSSR count). The van der Waals surface area contributed by atoms with Crippen LogP contribution in [0.3, 0.4) is 0 Å². The van der Waals surface area contributed by atoms with Crippen molar-refractivity contribution in [3.8, 4) is 16.9 Å². The van der Waals surface area contributed by atoms with Crippen LogP contribution >= 0.6 is 0 Å². The van der Waals surface area contributed by atoms with Crippen LogP contribution in [0.5, 0.6) is 5.75 Å². The van der Waals surface area contributed by atoms with Crippen LogP contribution in [-0.2, 0) is 11.2 Å². The topological polar surface area (TPSA) is 46.5 Å². The van der Waals surface area contributed by atoms with Crippen LogP contribution in [0.15, 0.2) is 60.7 Å². The number of carbonyl (C=O) groups is 1. The second kappa shape index (κ2) is 7.61. The van der Waals surface area contributed by atoms with Gasteiger partial charge in [-0.2, -0.15) is 0 Å². The predicted octanol–water partition coefficient (Wildman–Crippen LogP) is 5.56. The van der Waals surface area contributed by atoms with E-state index >= 15 is 0 Å². The summed E-state index contributed by atoms with van der Waals surface area (Å²) in [6.07, 6.45) is 0.565. The highest BCUT2D eigenvalue weighted by molar-refractivity contribution is 5.88. The molecule has 0 bridgehead atoms. The van der Waals surface area contributed by atoms with Crippen LogP contribution in [0.1, 0.15) is 26.3 Å². The quantitative estimate of drug-likeness (QED) is 0.634. The summed E-state index contributed by atoms with van der Waals surface area (Å²) in [7, 11) is 0. The Kier molecular flexibility index (Phi) is 5.27. The molecular formula is C23H24O3. The van der Waals surface area contributed by atoms with Crippen molar-refractivity contribution in [1.29, 1.82) is 0 Å². The van der Waals surface area contributed by atoms with Crippen molar-refractivity contribution >= 4 is 16.7 Å². The summed E-state index contributed by atoms with van der Waals surface area (Å²) in [5.41, 5.74) is 3.07. The van der Waals surface area contributed by atoms with Gasteiger partial charge in [-0.3, -0.25) is 4.79 Å². The van der Waals surface area contributed by atoms with Gasteiger partial charge in [0.15, 0.2) is 0 Å². The minimum atomic E-state index is -0.778.